The minimum absolute atomic E-state index is 0.000222. The maximum Gasteiger partial charge on any atom is 0.322 e. The van der Waals surface area contributed by atoms with Crippen molar-refractivity contribution in [1.82, 2.24) is 14.9 Å². The van der Waals surface area contributed by atoms with Crippen LogP contribution < -0.4 is 15.5 Å². The van der Waals surface area contributed by atoms with Crippen LogP contribution in [0.5, 0.6) is 0 Å². The molecule has 1 saturated heterocycles. The fourth-order valence-corrected chi connectivity index (χ4v) is 4.32. The zero-order valence-electron chi connectivity index (χ0n) is 16.0. The number of carbonyl (C=O) groups excluding carboxylic acids is 2. The number of hydrogen-bond donors (Lipinski definition) is 3. The number of imide groups is 1. The summed E-state index contributed by atoms with van der Waals surface area (Å²) in [5.74, 6) is -2.33. The van der Waals surface area contributed by atoms with Crippen LogP contribution in [0.2, 0.25) is 0 Å². The number of benzene rings is 1. The molecule has 0 unspecified atom stereocenters. The third-order valence-corrected chi connectivity index (χ3v) is 6.01. The fraction of sp³-hybridized carbons (Fsp3) is 0.529. The molecule has 0 aliphatic carbocycles. The van der Waals surface area contributed by atoms with E-state index in [0.717, 1.165) is 21.3 Å². The first-order valence-electron chi connectivity index (χ1n) is 8.79. The summed E-state index contributed by atoms with van der Waals surface area (Å²) in [6.45, 7) is 6.04. The van der Waals surface area contributed by atoms with E-state index in [9.17, 15) is 26.8 Å². The molecular weight excluding hydrogens is 394 g/mol. The highest BCUT2D eigenvalue weighted by Crippen LogP contribution is 2.20. The van der Waals surface area contributed by atoms with Gasteiger partial charge in [0.15, 0.2) is 6.54 Å². The summed E-state index contributed by atoms with van der Waals surface area (Å²) in [6, 6.07) is 1.69. The number of hydrogen-bond acceptors (Lipinski definition) is 4. The van der Waals surface area contributed by atoms with Crippen LogP contribution >= 0.6 is 0 Å². The lowest BCUT2D eigenvalue weighted by Gasteiger charge is -2.31. The maximum atomic E-state index is 13.8. The molecule has 2 rings (SSSR count). The highest BCUT2D eigenvalue weighted by atomic mass is 32.2. The molecular formula is C17H25F2N4O4S+. The van der Waals surface area contributed by atoms with E-state index in [4.69, 9.17) is 0 Å². The fourth-order valence-electron chi connectivity index (χ4n) is 2.80. The molecule has 0 radical (unpaired) electrons. The molecule has 1 aliphatic rings. The first-order chi connectivity index (χ1) is 12.9. The van der Waals surface area contributed by atoms with Crippen molar-refractivity contribution in [3.05, 3.63) is 29.8 Å². The zero-order chi connectivity index (χ0) is 21.1. The van der Waals surface area contributed by atoms with E-state index in [1.807, 2.05) is 0 Å². The van der Waals surface area contributed by atoms with E-state index in [2.05, 4.69) is 10.6 Å². The Hall–Kier alpha value is -2.11. The van der Waals surface area contributed by atoms with E-state index in [1.165, 1.54) is 0 Å². The summed E-state index contributed by atoms with van der Waals surface area (Å²) < 4.78 is 53.3. The summed E-state index contributed by atoms with van der Waals surface area (Å²) in [4.78, 5) is 23.8. The van der Waals surface area contributed by atoms with Crippen molar-refractivity contribution in [2.75, 3.05) is 32.7 Å². The first kappa shape index (κ1) is 22.2. The maximum absolute atomic E-state index is 13.8. The van der Waals surface area contributed by atoms with Crippen molar-refractivity contribution in [1.29, 1.82) is 0 Å². The normalized spacial score (nSPS) is 16.6. The number of nitrogens with one attached hydrogen (secondary N) is 3. The number of halogens is 2. The second kappa shape index (κ2) is 8.50. The van der Waals surface area contributed by atoms with E-state index < -0.39 is 44.0 Å². The van der Waals surface area contributed by atoms with Gasteiger partial charge in [0.05, 0.1) is 26.2 Å². The van der Waals surface area contributed by atoms with Gasteiger partial charge in [-0.25, -0.2) is 22.0 Å². The Kier molecular flexibility index (Phi) is 6.73. The molecule has 0 spiro atoms. The molecule has 1 aliphatic heterocycles. The Balaban J connectivity index is 1.91. The molecule has 0 saturated carbocycles. The van der Waals surface area contributed by atoms with Gasteiger partial charge in [0.2, 0.25) is 10.0 Å². The zero-order valence-corrected chi connectivity index (χ0v) is 16.8. The Labute approximate surface area is 162 Å². The summed E-state index contributed by atoms with van der Waals surface area (Å²) in [5.41, 5.74) is -0.483. The Morgan fingerprint density at radius 2 is 1.79 bits per heavy atom. The molecule has 11 heteroatoms. The molecule has 3 N–H and O–H groups in total. The third kappa shape index (κ3) is 5.94. The minimum Gasteiger partial charge on any atom is -0.333 e. The predicted molar refractivity (Wildman–Crippen MR) is 97.1 cm³/mol. The average Bonchev–Trinajstić information content (AvgIpc) is 2.55. The van der Waals surface area contributed by atoms with Gasteiger partial charge in [-0.1, -0.05) is 0 Å². The van der Waals surface area contributed by atoms with Crippen LogP contribution in [0.1, 0.15) is 20.8 Å². The summed E-state index contributed by atoms with van der Waals surface area (Å²) >= 11 is 0. The lowest BCUT2D eigenvalue weighted by atomic mass is 10.1. The quantitative estimate of drug-likeness (QED) is 0.611. The van der Waals surface area contributed by atoms with E-state index in [0.29, 0.717) is 19.2 Å². The average molecular weight is 419 g/mol. The van der Waals surface area contributed by atoms with Gasteiger partial charge < -0.3 is 10.2 Å². The molecule has 0 aromatic heterocycles. The van der Waals surface area contributed by atoms with Crippen LogP contribution in [0.4, 0.5) is 13.6 Å². The van der Waals surface area contributed by atoms with Gasteiger partial charge in [-0.05, 0) is 39.0 Å². The number of quaternary nitrogens is 1. The molecule has 156 valence electrons. The van der Waals surface area contributed by atoms with Gasteiger partial charge in [-0.15, -0.1) is 0 Å². The second-order valence-corrected chi connectivity index (χ2v) is 9.56. The van der Waals surface area contributed by atoms with Gasteiger partial charge in [0.25, 0.3) is 5.91 Å². The summed E-state index contributed by atoms with van der Waals surface area (Å²) in [5, 5.41) is 4.84. The van der Waals surface area contributed by atoms with Crippen molar-refractivity contribution >= 4 is 22.0 Å². The predicted octanol–water partition coefficient (Wildman–Crippen LogP) is -0.522. The first-order valence-corrected chi connectivity index (χ1v) is 10.2. The number of amides is 3. The molecule has 1 fully saturated rings. The van der Waals surface area contributed by atoms with E-state index in [1.54, 1.807) is 20.8 Å². The number of piperazine rings is 1. The lowest BCUT2D eigenvalue weighted by molar-refractivity contribution is -0.895. The molecule has 8 nitrogen and oxygen atoms in total. The molecule has 0 atom stereocenters. The van der Waals surface area contributed by atoms with E-state index in [-0.39, 0.29) is 19.6 Å². The highest BCUT2D eigenvalue weighted by Gasteiger charge is 2.33. The molecule has 1 aromatic rings. The highest BCUT2D eigenvalue weighted by molar-refractivity contribution is 7.89. The van der Waals surface area contributed by atoms with Crippen molar-refractivity contribution in [2.45, 2.75) is 31.2 Å². The second-order valence-electron chi connectivity index (χ2n) is 7.66. The monoisotopic (exact) mass is 419 g/mol. The molecule has 0 bridgehead atoms. The van der Waals surface area contributed by atoms with Crippen LogP contribution in [0.25, 0.3) is 0 Å². The Bertz CT molecular complexity index is 847. The van der Waals surface area contributed by atoms with Crippen LogP contribution in [-0.4, -0.2) is 62.9 Å². The SMILES string of the molecule is CC(C)(C)NC(=O)NC(=O)C[NH+]1CCN(S(=O)(=O)c2cc(F)ccc2F)CC1. The molecule has 28 heavy (non-hydrogen) atoms. The molecule has 1 heterocycles. The van der Waals surface area contributed by atoms with Crippen molar-refractivity contribution in [3.63, 3.8) is 0 Å². The Morgan fingerprint density at radius 1 is 1.18 bits per heavy atom. The summed E-state index contributed by atoms with van der Waals surface area (Å²) in [7, 11) is -4.17. The number of urea groups is 1. The smallest absolute Gasteiger partial charge is 0.322 e. The number of rotatable bonds is 4. The Morgan fingerprint density at radius 3 is 2.36 bits per heavy atom. The number of sulfonamides is 1. The lowest BCUT2D eigenvalue weighted by Crippen LogP contribution is -3.15. The van der Waals surface area contributed by atoms with Crippen molar-refractivity contribution < 1.29 is 31.7 Å². The van der Waals surface area contributed by atoms with Crippen molar-refractivity contribution in [3.8, 4) is 0 Å². The minimum atomic E-state index is -4.17. The summed E-state index contributed by atoms with van der Waals surface area (Å²) in [6.07, 6.45) is 0. The number of carbonyl (C=O) groups is 2. The third-order valence-electron chi connectivity index (χ3n) is 4.09. The van der Waals surface area contributed by atoms with Gasteiger partial charge in [0.1, 0.15) is 16.5 Å². The van der Waals surface area contributed by atoms with Gasteiger partial charge in [0, 0.05) is 5.54 Å². The van der Waals surface area contributed by atoms with Gasteiger partial charge in [-0.3, -0.25) is 10.1 Å². The number of nitrogens with zero attached hydrogens (tertiary/aromatic N) is 1. The van der Waals surface area contributed by atoms with Crippen LogP contribution in [-0.2, 0) is 14.8 Å². The topological polar surface area (TPSA) is 100 Å². The van der Waals surface area contributed by atoms with Crippen LogP contribution in [0, 0.1) is 11.6 Å². The van der Waals surface area contributed by atoms with Gasteiger partial charge >= 0.3 is 6.03 Å². The van der Waals surface area contributed by atoms with Crippen LogP contribution in [0.3, 0.4) is 0 Å². The standard InChI is InChI=1S/C17H24F2N4O4S/c1-17(2,3)21-16(25)20-15(24)11-22-6-8-23(9-7-22)28(26,27)14-10-12(18)4-5-13(14)19/h4-5,10H,6-9,11H2,1-3H3,(H2,20,21,24,25)/p+1. The van der Waals surface area contributed by atoms with Crippen molar-refractivity contribution in [2.24, 2.45) is 0 Å². The van der Waals surface area contributed by atoms with Gasteiger partial charge in [-0.2, -0.15) is 4.31 Å². The van der Waals surface area contributed by atoms with E-state index >= 15 is 0 Å². The van der Waals surface area contributed by atoms with Crippen LogP contribution in [0.15, 0.2) is 23.1 Å². The molecule has 1 aromatic carbocycles. The molecule has 3 amide bonds. The largest absolute Gasteiger partial charge is 0.333 e.